The summed E-state index contributed by atoms with van der Waals surface area (Å²) in [6, 6.07) is 0. The van der Waals surface area contributed by atoms with Crippen LogP contribution in [0.1, 0.15) is 6.92 Å². The van der Waals surface area contributed by atoms with Gasteiger partial charge in [-0.3, -0.25) is 0 Å². The van der Waals surface area contributed by atoms with Crippen molar-refractivity contribution < 1.29 is 31.0 Å². The molecule has 16 heavy (non-hydrogen) atoms. The van der Waals surface area contributed by atoms with Crippen LogP contribution in [-0.2, 0) is 31.0 Å². The summed E-state index contributed by atoms with van der Waals surface area (Å²) in [5.41, 5.74) is 0. The van der Waals surface area contributed by atoms with Crippen molar-refractivity contribution in [2.45, 2.75) is 6.92 Å². The van der Waals surface area contributed by atoms with Crippen LogP contribution in [0.5, 0.6) is 0 Å². The molecule has 0 aromatic heterocycles. The fraction of sp³-hybridized carbons (Fsp3) is 0.167. The van der Waals surface area contributed by atoms with Gasteiger partial charge in [0.25, 0.3) is 0 Å². The Morgan fingerprint density at radius 2 is 1.25 bits per heavy atom. The molecule has 0 N–H and O–H groups in total. The molecule has 0 saturated heterocycles. The van der Waals surface area contributed by atoms with Gasteiger partial charge in [-0.05, 0) is 44.9 Å². The van der Waals surface area contributed by atoms with Crippen LogP contribution in [0.3, 0.4) is 0 Å². The van der Waals surface area contributed by atoms with E-state index in [9.17, 15) is 0 Å². The summed E-state index contributed by atoms with van der Waals surface area (Å²) < 4.78 is 22.5. The summed E-state index contributed by atoms with van der Waals surface area (Å²) >= 11 is 0. The van der Waals surface area contributed by atoms with Gasteiger partial charge >= 0.3 is 33.9 Å². The molecule has 1 aliphatic rings. The molecule has 1 saturated carbocycles. The Bertz CT molecular complexity index is 174. The maximum absolute atomic E-state index is 7.50. The number of allylic oxidation sites excluding steroid dienone is 2. The van der Waals surface area contributed by atoms with E-state index in [4.69, 9.17) is 14.0 Å². The molecule has 0 heterocycles. The Labute approximate surface area is 108 Å². The molecular weight excluding hydrogens is 247 g/mol. The van der Waals surface area contributed by atoms with Crippen LogP contribution in [0.15, 0.2) is 12.2 Å². The number of hydrogen-bond acceptors (Lipinski definition) is 0. The standard InChI is InChI=1S/C9H11.3CO.Mn/c1-2-6-9-7-4-3-5-8-9;3*1-2;/h2-9H,1H3;;;;/b6-2-;;;;. The fourth-order valence-electron chi connectivity index (χ4n) is 0.864. The summed E-state index contributed by atoms with van der Waals surface area (Å²) in [5.74, 6) is 0.528. The molecular formula is C12H11MnO3. The molecule has 0 spiro atoms. The fourth-order valence-corrected chi connectivity index (χ4v) is 0.864. The van der Waals surface area contributed by atoms with Gasteiger partial charge in [0.05, 0.1) is 0 Å². The summed E-state index contributed by atoms with van der Waals surface area (Å²) in [6.07, 6.45) is 14.8. The van der Waals surface area contributed by atoms with Crippen molar-refractivity contribution in [2.75, 3.05) is 0 Å². The van der Waals surface area contributed by atoms with Crippen LogP contribution in [-0.4, -0.2) is 0 Å². The van der Waals surface area contributed by atoms with Crippen molar-refractivity contribution in [2.24, 2.45) is 5.92 Å². The summed E-state index contributed by atoms with van der Waals surface area (Å²) in [5, 5.41) is 0. The molecule has 1 aliphatic carbocycles. The zero-order valence-electron chi connectivity index (χ0n) is 8.72. The Kier molecular flexibility index (Phi) is 45.1. The third-order valence-corrected chi connectivity index (χ3v) is 1.30. The molecule has 0 atom stereocenters. The summed E-state index contributed by atoms with van der Waals surface area (Å²) in [4.78, 5) is 0. The number of rotatable bonds is 1. The average molecular weight is 258 g/mol. The zero-order chi connectivity index (χ0) is 12.5. The first kappa shape index (κ1) is 24.6. The van der Waals surface area contributed by atoms with E-state index >= 15 is 0 Å². The quantitative estimate of drug-likeness (QED) is 0.299. The van der Waals surface area contributed by atoms with E-state index < -0.39 is 0 Å². The largest absolute Gasteiger partial charge is 0 e. The molecule has 0 aromatic rings. The van der Waals surface area contributed by atoms with Gasteiger partial charge in [0.2, 0.25) is 0 Å². The van der Waals surface area contributed by atoms with Crippen molar-refractivity contribution >= 4 is 0 Å². The normalized spacial score (nSPS) is 13.4. The molecule has 1 rings (SSSR count). The van der Waals surface area contributed by atoms with Gasteiger partial charge in [-0.1, -0.05) is 12.2 Å². The molecule has 0 amide bonds. The van der Waals surface area contributed by atoms with Crippen LogP contribution in [0.4, 0.5) is 0 Å². The molecule has 6 radical (unpaired) electrons. The Hall–Kier alpha value is -0.521. The van der Waals surface area contributed by atoms with Crippen molar-refractivity contribution in [1.82, 2.24) is 0 Å². The second kappa shape index (κ2) is 29.3. The van der Waals surface area contributed by atoms with Crippen molar-refractivity contribution in [3.63, 3.8) is 0 Å². The van der Waals surface area contributed by atoms with Gasteiger partial charge in [-0.25, -0.2) is 0 Å². The molecule has 3 nitrogen and oxygen atoms in total. The van der Waals surface area contributed by atoms with Crippen molar-refractivity contribution in [3.05, 3.63) is 64.2 Å². The second-order valence-electron chi connectivity index (χ2n) is 2.07. The maximum atomic E-state index is 7.50. The smallest absolute Gasteiger partial charge is 0 e. The van der Waals surface area contributed by atoms with E-state index in [1.165, 1.54) is 0 Å². The zero-order valence-corrected chi connectivity index (χ0v) is 9.90. The summed E-state index contributed by atoms with van der Waals surface area (Å²) in [7, 11) is 0. The van der Waals surface area contributed by atoms with E-state index in [1.807, 2.05) is 13.3 Å². The van der Waals surface area contributed by atoms with Crippen LogP contribution in [0.2, 0.25) is 0 Å². The molecule has 1 fully saturated rings. The van der Waals surface area contributed by atoms with Crippen LogP contribution >= 0.6 is 0 Å². The van der Waals surface area contributed by atoms with Gasteiger partial charge in [0.1, 0.15) is 0 Å². The van der Waals surface area contributed by atoms with Gasteiger partial charge in [-0.15, -0.1) is 0 Å². The van der Waals surface area contributed by atoms with E-state index in [2.05, 4.69) is 57.8 Å². The third-order valence-electron chi connectivity index (χ3n) is 1.30. The molecule has 0 unspecified atom stereocenters. The topological polar surface area (TPSA) is 59.7 Å². The monoisotopic (exact) mass is 258 g/mol. The Morgan fingerprint density at radius 1 is 0.875 bits per heavy atom. The number of hydrogen-bond donors (Lipinski definition) is 0. The van der Waals surface area contributed by atoms with Gasteiger partial charge in [-0.2, -0.15) is 0 Å². The minimum Gasteiger partial charge on any atom is 0 e. The minimum absolute atomic E-state index is 0. The van der Waals surface area contributed by atoms with Gasteiger partial charge < -0.3 is 0 Å². The first-order valence-corrected chi connectivity index (χ1v) is 3.86. The molecule has 0 bridgehead atoms. The average Bonchev–Trinajstić information content (AvgIpc) is 2.38. The first-order valence-electron chi connectivity index (χ1n) is 3.86. The van der Waals surface area contributed by atoms with Crippen molar-refractivity contribution in [3.8, 4) is 0 Å². The molecule has 84 valence electrons. The van der Waals surface area contributed by atoms with Crippen molar-refractivity contribution in [1.29, 1.82) is 0 Å². The molecule has 4 heteroatoms. The van der Waals surface area contributed by atoms with Gasteiger partial charge in [0.15, 0.2) is 0 Å². The van der Waals surface area contributed by atoms with E-state index in [-0.39, 0.29) is 17.1 Å². The molecule has 0 aliphatic heterocycles. The second-order valence-corrected chi connectivity index (χ2v) is 2.07. The minimum atomic E-state index is 0. The summed E-state index contributed by atoms with van der Waals surface area (Å²) in [6.45, 7) is 15.5. The SMILES string of the molecule is C/C=C\C1[CH][CH][CH][CH][CH]1.[C-]#[O+].[C-]#[O+].[C-]#[O+].[Mn]. The van der Waals surface area contributed by atoms with Crippen LogP contribution < -0.4 is 0 Å². The van der Waals surface area contributed by atoms with Crippen LogP contribution in [0, 0.1) is 58.0 Å². The Morgan fingerprint density at radius 3 is 1.56 bits per heavy atom. The Balaban J connectivity index is -0.0000000900. The van der Waals surface area contributed by atoms with E-state index in [0.29, 0.717) is 5.92 Å². The first-order chi connectivity index (χ1) is 7.43. The maximum Gasteiger partial charge on any atom is 0 e. The van der Waals surface area contributed by atoms with E-state index in [0.717, 1.165) is 0 Å². The van der Waals surface area contributed by atoms with E-state index in [1.54, 1.807) is 0 Å². The third kappa shape index (κ3) is 19.1. The van der Waals surface area contributed by atoms with Gasteiger partial charge in [0, 0.05) is 17.1 Å². The predicted octanol–water partition coefficient (Wildman–Crippen LogP) is 2.10. The van der Waals surface area contributed by atoms with Crippen LogP contribution in [0.25, 0.3) is 0 Å². The predicted molar refractivity (Wildman–Crippen MR) is 51.6 cm³/mol. The molecule has 0 aromatic carbocycles.